The number of carbonyl (C=O) groups is 1. The smallest absolute Gasteiger partial charge is 0.251 e. The van der Waals surface area contributed by atoms with Gasteiger partial charge in [-0.05, 0) is 36.2 Å². The van der Waals surface area contributed by atoms with Gasteiger partial charge < -0.3 is 10.1 Å². The molecule has 0 unspecified atom stereocenters. The van der Waals surface area contributed by atoms with E-state index in [4.69, 9.17) is 4.74 Å². The highest BCUT2D eigenvalue weighted by molar-refractivity contribution is 7.11. The van der Waals surface area contributed by atoms with E-state index in [9.17, 15) is 4.79 Å². The minimum absolute atomic E-state index is 0.0469. The van der Waals surface area contributed by atoms with Crippen LogP contribution in [0.25, 0.3) is 0 Å². The van der Waals surface area contributed by atoms with Crippen LogP contribution in [0.5, 0.6) is 0 Å². The second-order valence-electron chi connectivity index (χ2n) is 4.54. The minimum atomic E-state index is -0.0469. The van der Waals surface area contributed by atoms with Gasteiger partial charge in [0, 0.05) is 22.4 Å². The average Bonchev–Trinajstić information content (AvgIpc) is 2.93. The fourth-order valence-electron chi connectivity index (χ4n) is 1.95. The van der Waals surface area contributed by atoms with Gasteiger partial charge in [0.1, 0.15) is 0 Å². The molecule has 1 amide bonds. The van der Waals surface area contributed by atoms with E-state index in [1.165, 1.54) is 9.75 Å². The van der Waals surface area contributed by atoms with Gasteiger partial charge >= 0.3 is 0 Å². The molecular weight excluding hydrogens is 270 g/mol. The van der Waals surface area contributed by atoms with Crippen molar-refractivity contribution in [3.05, 3.63) is 57.3 Å². The molecule has 1 aromatic heterocycles. The molecule has 1 heterocycles. The molecule has 2 rings (SSSR count). The first-order valence-corrected chi connectivity index (χ1v) is 7.48. The molecule has 2 aromatic rings. The van der Waals surface area contributed by atoms with Gasteiger partial charge in [0.25, 0.3) is 5.91 Å². The lowest BCUT2D eigenvalue weighted by atomic mass is 10.1. The number of ether oxygens (including phenoxy) is 1. The number of hydrogen-bond acceptors (Lipinski definition) is 3. The molecular formula is C16H19NO2S. The summed E-state index contributed by atoms with van der Waals surface area (Å²) in [6.07, 6.45) is 1.04. The molecule has 20 heavy (non-hydrogen) atoms. The second-order valence-corrected chi connectivity index (χ2v) is 5.79. The Morgan fingerprint density at radius 1 is 1.25 bits per heavy atom. The van der Waals surface area contributed by atoms with Gasteiger partial charge in [-0.2, -0.15) is 0 Å². The van der Waals surface area contributed by atoms with E-state index in [0.717, 1.165) is 12.0 Å². The van der Waals surface area contributed by atoms with Crippen LogP contribution >= 0.6 is 11.3 Å². The first kappa shape index (κ1) is 14.8. The third-order valence-corrected chi connectivity index (χ3v) is 4.22. The molecule has 0 fully saturated rings. The van der Waals surface area contributed by atoms with Gasteiger partial charge in [0.2, 0.25) is 0 Å². The molecule has 1 aromatic carbocycles. The van der Waals surface area contributed by atoms with Crippen molar-refractivity contribution in [2.24, 2.45) is 0 Å². The lowest BCUT2D eigenvalue weighted by Gasteiger charge is -2.06. The van der Waals surface area contributed by atoms with Gasteiger partial charge in [-0.25, -0.2) is 0 Å². The largest absolute Gasteiger partial charge is 0.380 e. The molecule has 0 aliphatic rings. The van der Waals surface area contributed by atoms with Crippen molar-refractivity contribution in [2.45, 2.75) is 26.5 Å². The molecule has 0 aliphatic heterocycles. The molecule has 0 atom stereocenters. The van der Waals surface area contributed by atoms with Crippen molar-refractivity contribution in [2.75, 3.05) is 7.11 Å². The number of aryl methyl sites for hydroxylation is 1. The maximum atomic E-state index is 12.1. The molecule has 3 nitrogen and oxygen atoms in total. The maximum absolute atomic E-state index is 12.1. The summed E-state index contributed by atoms with van der Waals surface area (Å²) < 4.78 is 5.08. The van der Waals surface area contributed by atoms with E-state index in [2.05, 4.69) is 24.4 Å². The number of thiophene rings is 1. The highest BCUT2D eigenvalue weighted by Crippen LogP contribution is 2.16. The summed E-state index contributed by atoms with van der Waals surface area (Å²) in [5, 5.41) is 2.95. The Morgan fingerprint density at radius 2 is 2.05 bits per heavy atom. The van der Waals surface area contributed by atoms with Crippen molar-refractivity contribution in [3.63, 3.8) is 0 Å². The molecule has 0 spiro atoms. The number of benzene rings is 1. The van der Waals surface area contributed by atoms with Gasteiger partial charge in [-0.3, -0.25) is 4.79 Å². The topological polar surface area (TPSA) is 38.3 Å². The fourth-order valence-corrected chi connectivity index (χ4v) is 2.84. The number of amides is 1. The van der Waals surface area contributed by atoms with E-state index < -0.39 is 0 Å². The van der Waals surface area contributed by atoms with Gasteiger partial charge in [0.05, 0.1) is 13.2 Å². The molecule has 0 aliphatic carbocycles. The van der Waals surface area contributed by atoms with E-state index >= 15 is 0 Å². The monoisotopic (exact) mass is 289 g/mol. The highest BCUT2D eigenvalue weighted by Gasteiger charge is 2.07. The lowest BCUT2D eigenvalue weighted by molar-refractivity contribution is 0.0951. The predicted octanol–water partition coefficient (Wildman–Crippen LogP) is 3.39. The average molecular weight is 289 g/mol. The van der Waals surface area contributed by atoms with E-state index in [-0.39, 0.29) is 5.91 Å². The second kappa shape index (κ2) is 7.22. The standard InChI is InChI=1S/C16H19NO2S/c1-3-14-7-8-15(20-14)10-17-16(18)13-6-4-5-12(9-13)11-19-2/h4-9H,3,10-11H2,1-2H3,(H,17,18). The van der Waals surface area contributed by atoms with Gasteiger partial charge in [0.15, 0.2) is 0 Å². The van der Waals surface area contributed by atoms with E-state index in [1.54, 1.807) is 18.4 Å². The highest BCUT2D eigenvalue weighted by atomic mass is 32.1. The number of methoxy groups -OCH3 is 1. The van der Waals surface area contributed by atoms with E-state index in [1.807, 2.05) is 24.3 Å². The van der Waals surface area contributed by atoms with Crippen LogP contribution in [0.15, 0.2) is 36.4 Å². The maximum Gasteiger partial charge on any atom is 0.251 e. The van der Waals surface area contributed by atoms with E-state index in [0.29, 0.717) is 18.7 Å². The van der Waals surface area contributed by atoms with Crippen LogP contribution in [-0.4, -0.2) is 13.0 Å². The van der Waals surface area contributed by atoms with Crippen LogP contribution in [0, 0.1) is 0 Å². The SMILES string of the molecule is CCc1ccc(CNC(=O)c2cccc(COC)c2)s1. The Bertz CT molecular complexity index is 577. The van der Waals surface area contributed by atoms with Crippen molar-refractivity contribution in [3.8, 4) is 0 Å². The Hall–Kier alpha value is -1.65. The fraction of sp³-hybridized carbons (Fsp3) is 0.312. The Labute approximate surface area is 123 Å². The van der Waals surface area contributed by atoms with Crippen LogP contribution in [0.3, 0.4) is 0 Å². The molecule has 4 heteroatoms. The molecule has 106 valence electrons. The summed E-state index contributed by atoms with van der Waals surface area (Å²) in [4.78, 5) is 14.6. The summed E-state index contributed by atoms with van der Waals surface area (Å²) >= 11 is 1.75. The predicted molar refractivity (Wildman–Crippen MR) is 82.0 cm³/mol. The van der Waals surface area contributed by atoms with Crippen LogP contribution in [0.1, 0.15) is 32.6 Å². The van der Waals surface area contributed by atoms with Gasteiger partial charge in [-0.15, -0.1) is 11.3 Å². The summed E-state index contributed by atoms with van der Waals surface area (Å²) in [6.45, 7) is 3.24. The van der Waals surface area contributed by atoms with Crippen molar-refractivity contribution in [1.29, 1.82) is 0 Å². The molecule has 0 radical (unpaired) electrons. The summed E-state index contributed by atoms with van der Waals surface area (Å²) in [6, 6.07) is 11.7. The number of carbonyl (C=O) groups excluding carboxylic acids is 1. The third kappa shape index (κ3) is 3.92. The molecule has 0 bridgehead atoms. The van der Waals surface area contributed by atoms with Crippen molar-refractivity contribution < 1.29 is 9.53 Å². The zero-order valence-electron chi connectivity index (χ0n) is 11.8. The quantitative estimate of drug-likeness (QED) is 0.885. The lowest BCUT2D eigenvalue weighted by Crippen LogP contribution is -2.22. The van der Waals surface area contributed by atoms with Crippen molar-refractivity contribution in [1.82, 2.24) is 5.32 Å². The van der Waals surface area contributed by atoms with Crippen LogP contribution in [-0.2, 0) is 24.3 Å². The normalized spacial score (nSPS) is 10.5. The molecule has 0 saturated heterocycles. The number of nitrogens with one attached hydrogen (secondary N) is 1. The summed E-state index contributed by atoms with van der Waals surface area (Å²) in [7, 11) is 1.65. The molecule has 1 N–H and O–H groups in total. The van der Waals surface area contributed by atoms with Crippen LogP contribution in [0.4, 0.5) is 0 Å². The van der Waals surface area contributed by atoms with Gasteiger partial charge in [-0.1, -0.05) is 19.1 Å². The zero-order valence-corrected chi connectivity index (χ0v) is 12.6. The molecule has 0 saturated carbocycles. The van der Waals surface area contributed by atoms with Crippen LogP contribution in [0.2, 0.25) is 0 Å². The summed E-state index contributed by atoms with van der Waals surface area (Å²) in [5.41, 5.74) is 1.68. The number of rotatable bonds is 6. The Morgan fingerprint density at radius 3 is 2.75 bits per heavy atom. The zero-order chi connectivity index (χ0) is 14.4. The third-order valence-electron chi connectivity index (χ3n) is 2.99. The minimum Gasteiger partial charge on any atom is -0.380 e. The Balaban J connectivity index is 1.95. The summed E-state index contributed by atoms with van der Waals surface area (Å²) in [5.74, 6) is -0.0469. The first-order chi connectivity index (χ1) is 9.72. The Kier molecular flexibility index (Phi) is 5.32. The number of hydrogen-bond donors (Lipinski definition) is 1. The first-order valence-electron chi connectivity index (χ1n) is 6.66. The van der Waals surface area contributed by atoms with Crippen molar-refractivity contribution >= 4 is 17.2 Å². The van der Waals surface area contributed by atoms with Crippen LogP contribution < -0.4 is 5.32 Å².